The Kier molecular flexibility index (Phi) is 2.39. The summed E-state index contributed by atoms with van der Waals surface area (Å²) < 4.78 is 23.0. The average molecular weight is 244 g/mol. The van der Waals surface area contributed by atoms with Gasteiger partial charge in [-0.2, -0.15) is 0 Å². The van der Waals surface area contributed by atoms with Crippen LogP contribution >= 0.6 is 0 Å². The van der Waals surface area contributed by atoms with Gasteiger partial charge < -0.3 is 24.1 Å². The van der Waals surface area contributed by atoms with Gasteiger partial charge in [-0.3, -0.25) is 0 Å². The van der Waals surface area contributed by atoms with Gasteiger partial charge in [-0.25, -0.2) is 0 Å². The van der Waals surface area contributed by atoms with Gasteiger partial charge in [0.15, 0.2) is 11.6 Å². The second-order valence-electron chi connectivity index (χ2n) is 6.00. The number of hydrogen-bond acceptors (Lipinski definition) is 5. The largest absolute Gasteiger partial charge is 0.387 e. The van der Waals surface area contributed by atoms with Crippen molar-refractivity contribution in [1.29, 1.82) is 0 Å². The fourth-order valence-corrected chi connectivity index (χ4v) is 3.09. The Morgan fingerprint density at radius 3 is 1.65 bits per heavy atom. The van der Waals surface area contributed by atoms with Gasteiger partial charge in [0.1, 0.15) is 18.3 Å². The van der Waals surface area contributed by atoms with E-state index in [4.69, 9.17) is 18.9 Å². The molecule has 0 amide bonds. The van der Waals surface area contributed by atoms with E-state index in [1.807, 2.05) is 27.7 Å². The van der Waals surface area contributed by atoms with Crippen molar-refractivity contribution in [2.75, 3.05) is 0 Å². The van der Waals surface area contributed by atoms with Crippen LogP contribution in [0.2, 0.25) is 0 Å². The maximum Gasteiger partial charge on any atom is 0.163 e. The highest BCUT2D eigenvalue weighted by Gasteiger charge is 2.58. The fourth-order valence-electron chi connectivity index (χ4n) is 3.09. The van der Waals surface area contributed by atoms with E-state index in [0.717, 1.165) is 0 Å². The van der Waals surface area contributed by atoms with Crippen LogP contribution in [0.25, 0.3) is 0 Å². The molecule has 17 heavy (non-hydrogen) atoms. The number of rotatable bonds is 0. The van der Waals surface area contributed by atoms with Crippen molar-refractivity contribution in [3.05, 3.63) is 0 Å². The summed E-state index contributed by atoms with van der Waals surface area (Å²) in [5.41, 5.74) is 0. The first-order chi connectivity index (χ1) is 7.77. The van der Waals surface area contributed by atoms with Crippen molar-refractivity contribution < 1.29 is 24.1 Å². The molecule has 0 spiro atoms. The molecule has 5 atom stereocenters. The number of ether oxygens (including phenoxy) is 4. The molecule has 2 heterocycles. The van der Waals surface area contributed by atoms with Crippen LogP contribution in [0, 0.1) is 0 Å². The van der Waals surface area contributed by atoms with Crippen LogP contribution in [-0.2, 0) is 18.9 Å². The molecular formula is C12H20O5. The van der Waals surface area contributed by atoms with Crippen LogP contribution in [0.4, 0.5) is 0 Å². The highest BCUT2D eigenvalue weighted by Crippen LogP contribution is 2.43. The summed E-state index contributed by atoms with van der Waals surface area (Å²) >= 11 is 0. The lowest BCUT2D eigenvalue weighted by molar-refractivity contribution is -0.179. The predicted molar refractivity (Wildman–Crippen MR) is 58.3 cm³/mol. The molecule has 1 aliphatic carbocycles. The van der Waals surface area contributed by atoms with Gasteiger partial charge in [-0.1, -0.05) is 0 Å². The molecule has 1 unspecified atom stereocenters. The zero-order chi connectivity index (χ0) is 12.4. The van der Waals surface area contributed by atoms with Crippen LogP contribution in [0.15, 0.2) is 0 Å². The van der Waals surface area contributed by atoms with Gasteiger partial charge in [-0.05, 0) is 27.7 Å². The fraction of sp³-hybridized carbons (Fsp3) is 1.00. The van der Waals surface area contributed by atoms with Crippen molar-refractivity contribution in [3.8, 4) is 0 Å². The maximum absolute atomic E-state index is 10.3. The lowest BCUT2D eigenvalue weighted by Crippen LogP contribution is -2.53. The van der Waals surface area contributed by atoms with Gasteiger partial charge in [0, 0.05) is 6.42 Å². The minimum absolute atomic E-state index is 0.112. The van der Waals surface area contributed by atoms with E-state index in [2.05, 4.69) is 0 Å². The second kappa shape index (κ2) is 3.42. The normalized spacial score (nSPS) is 51.0. The van der Waals surface area contributed by atoms with Crippen LogP contribution in [-0.4, -0.2) is 47.2 Å². The molecule has 0 bridgehead atoms. The van der Waals surface area contributed by atoms with Crippen LogP contribution in [0.1, 0.15) is 34.1 Å². The van der Waals surface area contributed by atoms with E-state index in [-0.39, 0.29) is 24.4 Å². The van der Waals surface area contributed by atoms with E-state index in [0.29, 0.717) is 6.42 Å². The van der Waals surface area contributed by atoms with E-state index < -0.39 is 17.7 Å². The summed E-state index contributed by atoms with van der Waals surface area (Å²) in [4.78, 5) is 0. The molecule has 5 heteroatoms. The minimum Gasteiger partial charge on any atom is -0.387 e. The Morgan fingerprint density at radius 1 is 0.824 bits per heavy atom. The Balaban J connectivity index is 1.81. The summed E-state index contributed by atoms with van der Waals surface area (Å²) in [6.07, 6.45) is -0.841. The summed E-state index contributed by atoms with van der Waals surface area (Å²) in [5, 5.41) is 10.3. The van der Waals surface area contributed by atoms with Gasteiger partial charge in [-0.15, -0.1) is 0 Å². The lowest BCUT2D eigenvalue weighted by Gasteiger charge is -2.34. The topological polar surface area (TPSA) is 57.2 Å². The average Bonchev–Trinajstić information content (AvgIpc) is 2.61. The maximum atomic E-state index is 10.3. The third-order valence-electron chi connectivity index (χ3n) is 3.58. The highest BCUT2D eigenvalue weighted by molar-refractivity contribution is 5.02. The summed E-state index contributed by atoms with van der Waals surface area (Å²) in [7, 11) is 0. The standard InChI is InChI=1S/C12H20O5/c1-11(2)14-6-5-7-10(8(13)9(6)16-11)17-12(3,4)15-7/h6-10,13H,5H2,1-4H3/t6-,7+,8?,9-,10-/m1/s1. The Hall–Kier alpha value is -0.200. The minimum atomic E-state index is -0.692. The summed E-state index contributed by atoms with van der Waals surface area (Å²) in [6.45, 7) is 7.44. The van der Waals surface area contributed by atoms with Crippen molar-refractivity contribution in [3.63, 3.8) is 0 Å². The van der Waals surface area contributed by atoms with E-state index >= 15 is 0 Å². The van der Waals surface area contributed by atoms with Gasteiger partial charge in [0.2, 0.25) is 0 Å². The first-order valence-electron chi connectivity index (χ1n) is 6.17. The van der Waals surface area contributed by atoms with Crippen LogP contribution < -0.4 is 0 Å². The summed E-state index contributed by atoms with van der Waals surface area (Å²) in [5.74, 6) is -1.27. The van der Waals surface area contributed by atoms with Gasteiger partial charge in [0.25, 0.3) is 0 Å². The molecule has 2 saturated heterocycles. The number of fused-ring (bicyclic) bond motifs is 2. The SMILES string of the molecule is CC1(C)O[C@H]2C[C@H]3OC(C)(C)O[C@H]3C(O)[C@@H]2O1. The summed E-state index contributed by atoms with van der Waals surface area (Å²) in [6, 6.07) is 0. The monoisotopic (exact) mass is 244 g/mol. The number of aliphatic hydroxyl groups excluding tert-OH is 1. The van der Waals surface area contributed by atoms with Crippen LogP contribution in [0.3, 0.4) is 0 Å². The molecule has 3 rings (SSSR count). The van der Waals surface area contributed by atoms with Crippen molar-refractivity contribution in [1.82, 2.24) is 0 Å². The first kappa shape index (κ1) is 11.9. The Bertz CT molecular complexity index is 297. The first-order valence-corrected chi connectivity index (χ1v) is 6.17. The lowest BCUT2D eigenvalue weighted by atomic mass is 9.87. The third-order valence-corrected chi connectivity index (χ3v) is 3.58. The number of hydrogen-bond donors (Lipinski definition) is 1. The molecule has 1 saturated carbocycles. The van der Waals surface area contributed by atoms with Crippen LogP contribution in [0.5, 0.6) is 0 Å². The molecule has 3 fully saturated rings. The van der Waals surface area contributed by atoms with E-state index in [1.165, 1.54) is 0 Å². The molecule has 1 N–H and O–H groups in total. The molecule has 2 aliphatic heterocycles. The van der Waals surface area contributed by atoms with Crippen molar-refractivity contribution >= 4 is 0 Å². The van der Waals surface area contributed by atoms with E-state index in [1.54, 1.807) is 0 Å². The second-order valence-corrected chi connectivity index (χ2v) is 6.00. The van der Waals surface area contributed by atoms with Crippen molar-refractivity contribution in [2.24, 2.45) is 0 Å². The molecule has 0 radical (unpaired) electrons. The molecule has 0 aromatic rings. The molecule has 98 valence electrons. The molecular weight excluding hydrogens is 224 g/mol. The molecule has 5 nitrogen and oxygen atoms in total. The van der Waals surface area contributed by atoms with Gasteiger partial charge >= 0.3 is 0 Å². The zero-order valence-electron chi connectivity index (χ0n) is 10.7. The number of aliphatic hydroxyl groups is 1. The Morgan fingerprint density at radius 2 is 1.24 bits per heavy atom. The predicted octanol–water partition coefficient (Wildman–Crippen LogP) is 0.791. The molecule has 0 aromatic heterocycles. The van der Waals surface area contributed by atoms with Crippen molar-refractivity contribution in [2.45, 2.75) is 76.2 Å². The third kappa shape index (κ3) is 1.90. The zero-order valence-corrected chi connectivity index (χ0v) is 10.7. The molecule has 0 aromatic carbocycles. The van der Waals surface area contributed by atoms with Gasteiger partial charge in [0.05, 0.1) is 12.2 Å². The quantitative estimate of drug-likeness (QED) is 0.682. The Labute approximate surface area is 101 Å². The van der Waals surface area contributed by atoms with E-state index in [9.17, 15) is 5.11 Å². The highest BCUT2D eigenvalue weighted by atomic mass is 16.8. The smallest absolute Gasteiger partial charge is 0.163 e. The molecule has 3 aliphatic rings.